The lowest BCUT2D eigenvalue weighted by Gasteiger charge is -2.29. The Balaban J connectivity index is 1.90. The third-order valence-electron chi connectivity index (χ3n) is 12.4. The van der Waals surface area contributed by atoms with Crippen LogP contribution < -0.4 is 5.32 Å². The van der Waals surface area contributed by atoms with E-state index in [1.165, 1.54) is 36.8 Å². The molecule has 380 valence electrons. The van der Waals surface area contributed by atoms with Gasteiger partial charge in [-0.05, 0) is 154 Å². The van der Waals surface area contributed by atoms with E-state index in [0.717, 1.165) is 89.0 Å². The molecule has 0 aliphatic carbocycles. The highest BCUT2D eigenvalue weighted by molar-refractivity contribution is 5.73. The fourth-order valence-corrected chi connectivity index (χ4v) is 7.94. The molecule has 1 N–H and O–H groups in total. The molecule has 67 heavy (non-hydrogen) atoms. The zero-order valence-electron chi connectivity index (χ0n) is 43.2. The minimum Gasteiger partial charge on any atom is -0.465 e. The Hall–Kier alpha value is -3.60. The lowest BCUT2D eigenvalue weighted by Crippen LogP contribution is -2.36. The van der Waals surface area contributed by atoms with E-state index in [2.05, 4.69) is 95.2 Å². The maximum Gasteiger partial charge on any atom is 0.309 e. The summed E-state index contributed by atoms with van der Waals surface area (Å²) in [5, 5.41) is 3.49. The molecule has 1 aromatic rings. The van der Waals surface area contributed by atoms with Crippen LogP contribution in [0.15, 0.2) is 72.1 Å². The standard InChI is InChI=1S/C57H94N2O8/c1-8-9-10-11-12-13-14-15-16-17-18-19-20-21-22-29-54(60)65-43-50(45-67-57(62)52-34-39-59-53(42-52)51-32-37-58-38-33-51)44-66-55(61)30-31-56(63-40-35-48(6)27-23-25-46(2)3)64-41-36-49(7)28-24-26-47(4)5/h12-13,15-16,25-26,32-33,37-38,48-50,52-53,56,59H,8-11,14,17-24,27-31,34-36,39-45H2,1-7H3/b13-12-,16-15-. The number of hydrogen-bond acceptors (Lipinski definition) is 10. The van der Waals surface area contributed by atoms with Crippen molar-refractivity contribution in [2.24, 2.45) is 23.7 Å². The number of allylic oxidation sites excluding steroid dienone is 8. The summed E-state index contributed by atoms with van der Waals surface area (Å²) in [5.41, 5.74) is 3.76. The number of hydrogen-bond donors (Lipinski definition) is 1. The fourth-order valence-electron chi connectivity index (χ4n) is 7.94. The van der Waals surface area contributed by atoms with Crippen LogP contribution in [-0.2, 0) is 38.1 Å². The van der Waals surface area contributed by atoms with Crippen molar-refractivity contribution in [1.29, 1.82) is 0 Å². The van der Waals surface area contributed by atoms with Gasteiger partial charge in [-0.1, -0.05) is 100 Å². The smallest absolute Gasteiger partial charge is 0.309 e. The number of esters is 3. The SMILES string of the molecule is CCCCC/C=C\C/C=C\CCCCCCCC(=O)OCC(COC(=O)CCC(OCCC(C)CCC=C(C)C)OCCC(C)CCC=C(C)C)COC(=O)C1CCNC(c2ccncc2)C1. The zero-order chi connectivity index (χ0) is 48.7. The number of carbonyl (C=O) groups excluding carboxylic acids is 3. The number of nitrogens with one attached hydrogen (secondary N) is 1. The zero-order valence-corrected chi connectivity index (χ0v) is 43.2. The summed E-state index contributed by atoms with van der Waals surface area (Å²) >= 11 is 0. The van der Waals surface area contributed by atoms with E-state index in [0.29, 0.717) is 57.3 Å². The predicted octanol–water partition coefficient (Wildman–Crippen LogP) is 13.9. The van der Waals surface area contributed by atoms with Crippen molar-refractivity contribution in [2.45, 2.75) is 202 Å². The van der Waals surface area contributed by atoms with Crippen molar-refractivity contribution >= 4 is 17.9 Å². The van der Waals surface area contributed by atoms with E-state index >= 15 is 0 Å². The van der Waals surface area contributed by atoms with E-state index in [4.69, 9.17) is 23.7 Å². The number of rotatable bonds is 39. The van der Waals surface area contributed by atoms with Gasteiger partial charge in [0.05, 0.1) is 18.3 Å². The molecule has 5 unspecified atom stereocenters. The molecule has 0 radical (unpaired) electrons. The molecule has 0 aromatic carbocycles. The number of pyridine rings is 1. The molecule has 0 saturated carbocycles. The number of nitrogens with zero attached hydrogens (tertiary/aromatic N) is 1. The summed E-state index contributed by atoms with van der Waals surface area (Å²) in [5.74, 6) is -0.730. The molecule has 10 nitrogen and oxygen atoms in total. The number of piperidine rings is 1. The molecule has 0 spiro atoms. The highest BCUT2D eigenvalue weighted by Crippen LogP contribution is 2.28. The Morgan fingerprint density at radius 2 is 1.22 bits per heavy atom. The van der Waals surface area contributed by atoms with E-state index < -0.39 is 18.2 Å². The van der Waals surface area contributed by atoms with Crippen LogP contribution in [0.5, 0.6) is 0 Å². The molecule has 5 atom stereocenters. The van der Waals surface area contributed by atoms with Crippen LogP contribution >= 0.6 is 0 Å². The van der Waals surface area contributed by atoms with Gasteiger partial charge < -0.3 is 29.0 Å². The highest BCUT2D eigenvalue weighted by Gasteiger charge is 2.30. The van der Waals surface area contributed by atoms with Gasteiger partial charge in [0.1, 0.15) is 19.8 Å². The van der Waals surface area contributed by atoms with Crippen LogP contribution in [0, 0.1) is 23.7 Å². The number of ether oxygens (including phenoxy) is 5. The Morgan fingerprint density at radius 1 is 0.672 bits per heavy atom. The summed E-state index contributed by atoms with van der Waals surface area (Å²) in [7, 11) is 0. The molecule has 1 saturated heterocycles. The molecule has 1 aromatic heterocycles. The van der Waals surface area contributed by atoms with E-state index in [1.807, 2.05) is 12.1 Å². The maximum atomic E-state index is 13.4. The van der Waals surface area contributed by atoms with Gasteiger partial charge in [-0.3, -0.25) is 19.4 Å². The molecule has 2 heterocycles. The molecule has 1 aliphatic heterocycles. The third-order valence-corrected chi connectivity index (χ3v) is 12.4. The molecular weight excluding hydrogens is 841 g/mol. The first-order chi connectivity index (χ1) is 32.5. The average Bonchev–Trinajstić information content (AvgIpc) is 3.31. The van der Waals surface area contributed by atoms with Crippen molar-refractivity contribution in [3.63, 3.8) is 0 Å². The summed E-state index contributed by atoms with van der Waals surface area (Å²) in [4.78, 5) is 43.6. The van der Waals surface area contributed by atoms with Gasteiger partial charge in [0.25, 0.3) is 0 Å². The monoisotopic (exact) mass is 935 g/mol. The second-order valence-electron chi connectivity index (χ2n) is 19.6. The minimum atomic E-state index is -0.518. The molecule has 1 fully saturated rings. The first-order valence-electron chi connectivity index (χ1n) is 26.4. The van der Waals surface area contributed by atoms with Gasteiger partial charge in [-0.2, -0.15) is 0 Å². The number of aromatic nitrogens is 1. The topological polar surface area (TPSA) is 122 Å². The second kappa shape index (κ2) is 39.3. The Kier molecular flexibility index (Phi) is 34.9. The van der Waals surface area contributed by atoms with Crippen LogP contribution in [0.25, 0.3) is 0 Å². The summed E-state index contributed by atoms with van der Waals surface area (Å²) < 4.78 is 29.8. The van der Waals surface area contributed by atoms with Crippen molar-refractivity contribution in [3.05, 3.63) is 77.7 Å². The quantitative estimate of drug-likeness (QED) is 0.0224. The van der Waals surface area contributed by atoms with Gasteiger partial charge in [0, 0.05) is 44.5 Å². The number of unbranched alkanes of at least 4 members (excludes halogenated alkanes) is 8. The van der Waals surface area contributed by atoms with Crippen LogP contribution in [0.1, 0.15) is 201 Å². The van der Waals surface area contributed by atoms with Gasteiger partial charge in [-0.25, -0.2) is 0 Å². The fraction of sp³-hybridized carbons (Fsp3) is 0.719. The third kappa shape index (κ3) is 32.7. The van der Waals surface area contributed by atoms with Gasteiger partial charge in [-0.15, -0.1) is 0 Å². The van der Waals surface area contributed by atoms with Gasteiger partial charge in [0.2, 0.25) is 0 Å². The average molecular weight is 935 g/mol. The summed E-state index contributed by atoms with van der Waals surface area (Å²) in [6.07, 6.45) is 37.1. The lowest BCUT2D eigenvalue weighted by molar-refractivity contribution is -0.163. The minimum absolute atomic E-state index is 0.00202. The first-order valence-corrected chi connectivity index (χ1v) is 26.4. The normalized spacial score (nSPS) is 16.9. The van der Waals surface area contributed by atoms with Crippen molar-refractivity contribution < 1.29 is 38.1 Å². The summed E-state index contributed by atoms with van der Waals surface area (Å²) in [6.45, 7) is 17.0. The largest absolute Gasteiger partial charge is 0.465 e. The first kappa shape index (κ1) is 59.5. The van der Waals surface area contributed by atoms with E-state index in [9.17, 15) is 14.4 Å². The van der Waals surface area contributed by atoms with Gasteiger partial charge in [0.15, 0.2) is 6.29 Å². The molecule has 10 heteroatoms. The van der Waals surface area contributed by atoms with E-state index in [1.54, 1.807) is 12.4 Å². The Labute approximate surface area is 407 Å². The van der Waals surface area contributed by atoms with Crippen molar-refractivity contribution in [3.8, 4) is 0 Å². The van der Waals surface area contributed by atoms with Crippen LogP contribution in [0.2, 0.25) is 0 Å². The molecule has 0 amide bonds. The predicted molar refractivity (Wildman–Crippen MR) is 273 cm³/mol. The van der Waals surface area contributed by atoms with Crippen molar-refractivity contribution in [1.82, 2.24) is 10.3 Å². The second-order valence-corrected chi connectivity index (χ2v) is 19.6. The highest BCUT2D eigenvalue weighted by atomic mass is 16.7. The summed E-state index contributed by atoms with van der Waals surface area (Å²) in [6, 6.07) is 3.96. The Bertz CT molecular complexity index is 1520. The number of carbonyl (C=O) groups is 3. The van der Waals surface area contributed by atoms with E-state index in [-0.39, 0.29) is 50.1 Å². The molecular formula is C57H94N2O8. The van der Waals surface area contributed by atoms with Gasteiger partial charge >= 0.3 is 17.9 Å². The Morgan fingerprint density at radius 3 is 1.82 bits per heavy atom. The molecule has 0 bridgehead atoms. The lowest BCUT2D eigenvalue weighted by atomic mass is 9.89. The molecule has 1 aliphatic rings. The molecule has 2 rings (SSSR count). The van der Waals surface area contributed by atoms with Crippen LogP contribution in [0.4, 0.5) is 0 Å². The maximum absolute atomic E-state index is 13.4. The van der Waals surface area contributed by atoms with Crippen LogP contribution in [-0.4, -0.2) is 68.8 Å². The van der Waals surface area contributed by atoms with Crippen LogP contribution in [0.3, 0.4) is 0 Å². The van der Waals surface area contributed by atoms with Crippen molar-refractivity contribution in [2.75, 3.05) is 39.6 Å².